The van der Waals surface area contributed by atoms with Gasteiger partial charge in [-0.05, 0) is 12.3 Å². The number of carboxylic acid groups (broad SMARTS) is 1. The average molecular weight is 212 g/mol. The van der Waals surface area contributed by atoms with E-state index in [1.54, 1.807) is 0 Å². The Hall–Kier alpha value is -1.52. The third kappa shape index (κ3) is 2.97. The molecule has 0 bridgehead atoms. The number of aromatic carboxylic acids is 1. The Balaban J connectivity index is 2.67. The maximum Gasteiger partial charge on any atom is 0.357 e. The van der Waals surface area contributed by atoms with Crippen LogP contribution in [0.25, 0.3) is 0 Å². The number of aromatic nitrogens is 1. The topological polar surface area (TPSA) is 75.4 Å². The molecule has 5 heteroatoms. The highest BCUT2D eigenvalue weighted by Gasteiger charge is 2.15. The molecule has 1 heterocycles. The predicted molar refractivity (Wildman–Crippen MR) is 56.0 cm³/mol. The summed E-state index contributed by atoms with van der Waals surface area (Å²) in [4.78, 5) is 14.4. The minimum Gasteiger partial charge on any atom is -0.476 e. The van der Waals surface area contributed by atoms with Crippen molar-refractivity contribution in [2.75, 3.05) is 5.32 Å². The van der Waals surface area contributed by atoms with E-state index in [0.29, 0.717) is 5.92 Å². The van der Waals surface area contributed by atoms with Gasteiger partial charge in [-0.15, -0.1) is 0 Å². The molecule has 0 amide bonds. The molecule has 5 nitrogen and oxygen atoms in total. The first-order valence-electron chi connectivity index (χ1n) is 5.00. The van der Waals surface area contributed by atoms with Crippen LogP contribution >= 0.6 is 0 Å². The fourth-order valence-corrected chi connectivity index (χ4v) is 1.34. The van der Waals surface area contributed by atoms with Crippen LogP contribution in [0.5, 0.6) is 0 Å². The lowest BCUT2D eigenvalue weighted by molar-refractivity contribution is 0.0690. The summed E-state index contributed by atoms with van der Waals surface area (Å²) < 4.78 is 5.01. The van der Waals surface area contributed by atoms with Gasteiger partial charge >= 0.3 is 5.97 Å². The molecule has 0 saturated heterocycles. The second kappa shape index (κ2) is 4.82. The van der Waals surface area contributed by atoms with Gasteiger partial charge in [0.25, 0.3) is 6.01 Å². The van der Waals surface area contributed by atoms with Crippen molar-refractivity contribution < 1.29 is 14.3 Å². The van der Waals surface area contributed by atoms with Gasteiger partial charge in [-0.25, -0.2) is 4.79 Å². The summed E-state index contributed by atoms with van der Waals surface area (Å²) in [6.07, 6.45) is 2.07. The first kappa shape index (κ1) is 11.6. The van der Waals surface area contributed by atoms with Gasteiger partial charge in [0.15, 0.2) is 5.69 Å². The number of oxazole rings is 1. The number of rotatable bonds is 5. The Morgan fingerprint density at radius 3 is 2.73 bits per heavy atom. The zero-order chi connectivity index (χ0) is 11.4. The highest BCUT2D eigenvalue weighted by molar-refractivity contribution is 5.85. The van der Waals surface area contributed by atoms with Crippen molar-refractivity contribution in [2.24, 2.45) is 5.92 Å². The first-order valence-corrected chi connectivity index (χ1v) is 5.00. The normalized spacial score (nSPS) is 12.8. The van der Waals surface area contributed by atoms with Gasteiger partial charge in [0, 0.05) is 6.04 Å². The molecule has 84 valence electrons. The van der Waals surface area contributed by atoms with Crippen LogP contribution < -0.4 is 5.32 Å². The van der Waals surface area contributed by atoms with Gasteiger partial charge in [-0.3, -0.25) is 0 Å². The molecule has 15 heavy (non-hydrogen) atoms. The van der Waals surface area contributed by atoms with Crippen LogP contribution in [-0.4, -0.2) is 22.1 Å². The van der Waals surface area contributed by atoms with E-state index < -0.39 is 5.97 Å². The molecular weight excluding hydrogens is 196 g/mol. The molecule has 0 aliphatic rings. The van der Waals surface area contributed by atoms with E-state index in [0.717, 1.165) is 12.7 Å². The monoisotopic (exact) mass is 212 g/mol. The number of anilines is 1. The lowest BCUT2D eigenvalue weighted by atomic mass is 10.0. The third-order valence-corrected chi connectivity index (χ3v) is 2.28. The zero-order valence-electron chi connectivity index (χ0n) is 9.15. The summed E-state index contributed by atoms with van der Waals surface area (Å²) in [5.74, 6) is -0.639. The maximum absolute atomic E-state index is 10.6. The first-order chi connectivity index (χ1) is 7.04. The van der Waals surface area contributed by atoms with Crippen molar-refractivity contribution in [3.8, 4) is 0 Å². The van der Waals surface area contributed by atoms with E-state index >= 15 is 0 Å². The fraction of sp³-hybridized carbons (Fsp3) is 0.600. The maximum atomic E-state index is 10.6. The summed E-state index contributed by atoms with van der Waals surface area (Å²) in [6.45, 7) is 6.23. The van der Waals surface area contributed by atoms with Crippen molar-refractivity contribution in [1.82, 2.24) is 4.98 Å². The molecule has 0 aromatic carbocycles. The molecule has 0 aliphatic heterocycles. The predicted octanol–water partition coefficient (Wildman–Crippen LogP) is 2.22. The standard InChI is InChI=1S/C10H16N2O3/c1-4-7(6(2)3)11-10-12-8(5-15-10)9(13)14/h5-7H,4H2,1-3H3,(H,11,12)(H,13,14). The molecule has 0 radical (unpaired) electrons. The Labute approximate surface area is 88.5 Å². The largest absolute Gasteiger partial charge is 0.476 e. The zero-order valence-corrected chi connectivity index (χ0v) is 9.15. The van der Waals surface area contributed by atoms with Gasteiger partial charge in [0.2, 0.25) is 0 Å². The molecule has 1 aromatic heterocycles. The number of carbonyl (C=O) groups is 1. The van der Waals surface area contributed by atoms with Gasteiger partial charge in [-0.1, -0.05) is 20.8 Å². The second-order valence-electron chi connectivity index (χ2n) is 3.75. The summed E-state index contributed by atoms with van der Waals surface area (Å²) >= 11 is 0. The Kier molecular flexibility index (Phi) is 3.71. The highest BCUT2D eigenvalue weighted by atomic mass is 16.4. The lowest BCUT2D eigenvalue weighted by Gasteiger charge is -2.18. The van der Waals surface area contributed by atoms with Gasteiger partial charge < -0.3 is 14.8 Å². The van der Waals surface area contributed by atoms with Crippen molar-refractivity contribution in [1.29, 1.82) is 0 Å². The van der Waals surface area contributed by atoms with Crippen molar-refractivity contribution in [3.05, 3.63) is 12.0 Å². The average Bonchev–Trinajstić information content (AvgIpc) is 2.61. The van der Waals surface area contributed by atoms with Crippen molar-refractivity contribution in [2.45, 2.75) is 33.2 Å². The molecule has 0 saturated carbocycles. The molecule has 0 aliphatic carbocycles. The molecular formula is C10H16N2O3. The van der Waals surface area contributed by atoms with E-state index in [1.165, 1.54) is 0 Å². The van der Waals surface area contributed by atoms with Crippen LogP contribution in [0.4, 0.5) is 6.01 Å². The molecule has 0 fully saturated rings. The number of carboxylic acids is 1. The van der Waals surface area contributed by atoms with E-state index in [9.17, 15) is 4.79 Å². The highest BCUT2D eigenvalue weighted by Crippen LogP contribution is 2.14. The van der Waals surface area contributed by atoms with E-state index in [1.807, 2.05) is 0 Å². The van der Waals surface area contributed by atoms with Crippen LogP contribution in [0.1, 0.15) is 37.7 Å². The van der Waals surface area contributed by atoms with E-state index in [2.05, 4.69) is 31.1 Å². The van der Waals surface area contributed by atoms with E-state index in [-0.39, 0.29) is 17.8 Å². The Bertz CT molecular complexity index is 333. The van der Waals surface area contributed by atoms with Crippen LogP contribution in [0.2, 0.25) is 0 Å². The Morgan fingerprint density at radius 1 is 1.67 bits per heavy atom. The molecule has 0 spiro atoms. The minimum absolute atomic E-state index is 0.0730. The lowest BCUT2D eigenvalue weighted by Crippen LogP contribution is -2.24. The number of nitrogens with zero attached hydrogens (tertiary/aromatic N) is 1. The van der Waals surface area contributed by atoms with E-state index in [4.69, 9.17) is 9.52 Å². The molecule has 1 unspecified atom stereocenters. The fourth-order valence-electron chi connectivity index (χ4n) is 1.34. The van der Waals surface area contributed by atoms with Crippen molar-refractivity contribution >= 4 is 12.0 Å². The smallest absolute Gasteiger partial charge is 0.357 e. The summed E-state index contributed by atoms with van der Waals surface area (Å²) in [5.41, 5.74) is -0.0730. The number of hydrogen-bond donors (Lipinski definition) is 2. The molecule has 1 rings (SSSR count). The SMILES string of the molecule is CCC(Nc1nc(C(=O)O)co1)C(C)C. The second-order valence-corrected chi connectivity index (χ2v) is 3.75. The van der Waals surface area contributed by atoms with Gasteiger partial charge in [-0.2, -0.15) is 4.98 Å². The van der Waals surface area contributed by atoms with Gasteiger partial charge in [0.05, 0.1) is 0 Å². The number of nitrogens with one attached hydrogen (secondary N) is 1. The quantitative estimate of drug-likeness (QED) is 0.782. The van der Waals surface area contributed by atoms with Crippen LogP contribution in [0.3, 0.4) is 0 Å². The summed E-state index contributed by atoms with van der Waals surface area (Å²) in [6, 6.07) is 0.512. The summed E-state index contributed by atoms with van der Waals surface area (Å²) in [5, 5.41) is 11.7. The minimum atomic E-state index is -1.08. The molecule has 1 aromatic rings. The van der Waals surface area contributed by atoms with Crippen LogP contribution in [0.15, 0.2) is 10.7 Å². The van der Waals surface area contributed by atoms with Gasteiger partial charge in [0.1, 0.15) is 6.26 Å². The third-order valence-electron chi connectivity index (χ3n) is 2.28. The summed E-state index contributed by atoms with van der Waals surface area (Å²) in [7, 11) is 0. The van der Waals surface area contributed by atoms with Crippen molar-refractivity contribution in [3.63, 3.8) is 0 Å². The molecule has 2 N–H and O–H groups in total. The van der Waals surface area contributed by atoms with Crippen LogP contribution in [-0.2, 0) is 0 Å². The molecule has 1 atom stereocenters. The van der Waals surface area contributed by atoms with Crippen LogP contribution in [0, 0.1) is 5.92 Å². The number of hydrogen-bond acceptors (Lipinski definition) is 4. The Morgan fingerprint density at radius 2 is 2.33 bits per heavy atom.